The summed E-state index contributed by atoms with van der Waals surface area (Å²) in [7, 11) is 5.56. The monoisotopic (exact) mass is 261 g/mol. The number of rotatable bonds is 6. The Balaban J connectivity index is 2.09. The van der Waals surface area contributed by atoms with Crippen molar-refractivity contribution in [2.24, 2.45) is 0 Å². The van der Waals surface area contributed by atoms with Crippen molar-refractivity contribution >= 4 is 5.69 Å². The van der Waals surface area contributed by atoms with Crippen LogP contribution >= 0.6 is 0 Å². The molecule has 102 valence electrons. The van der Waals surface area contributed by atoms with Crippen molar-refractivity contribution in [3.63, 3.8) is 0 Å². The lowest BCUT2D eigenvalue weighted by atomic mass is 10.2. The Morgan fingerprint density at radius 2 is 2.16 bits per heavy atom. The van der Waals surface area contributed by atoms with Crippen LogP contribution in [-0.4, -0.2) is 26.4 Å². The number of aromatic nitrogens is 1. The number of benzene rings is 1. The standard InChI is InChI=1S/C14H19N3O2/c1-15-9-11-8-12(19-16-11)10-17(2)13-6-4-5-7-14(13)18-3/h4-8,15H,9-10H2,1-3H3. The molecule has 19 heavy (non-hydrogen) atoms. The van der Waals surface area contributed by atoms with Gasteiger partial charge in [0.1, 0.15) is 5.75 Å². The summed E-state index contributed by atoms with van der Waals surface area (Å²) in [6, 6.07) is 9.86. The van der Waals surface area contributed by atoms with Gasteiger partial charge in [0.25, 0.3) is 0 Å². The molecule has 5 nitrogen and oxygen atoms in total. The van der Waals surface area contributed by atoms with Gasteiger partial charge >= 0.3 is 0 Å². The lowest BCUT2D eigenvalue weighted by Crippen LogP contribution is -2.16. The molecule has 0 bridgehead atoms. The van der Waals surface area contributed by atoms with Crippen molar-refractivity contribution in [2.75, 3.05) is 26.1 Å². The highest BCUT2D eigenvalue weighted by molar-refractivity contribution is 5.57. The van der Waals surface area contributed by atoms with Crippen LogP contribution in [0.5, 0.6) is 5.75 Å². The normalized spacial score (nSPS) is 10.5. The van der Waals surface area contributed by atoms with Crippen molar-refractivity contribution in [1.82, 2.24) is 10.5 Å². The molecule has 2 rings (SSSR count). The number of hydrogen-bond acceptors (Lipinski definition) is 5. The highest BCUT2D eigenvalue weighted by Gasteiger charge is 2.11. The Hall–Kier alpha value is -2.01. The van der Waals surface area contributed by atoms with E-state index in [4.69, 9.17) is 9.26 Å². The van der Waals surface area contributed by atoms with Crippen LogP contribution in [-0.2, 0) is 13.1 Å². The van der Waals surface area contributed by atoms with Gasteiger partial charge in [0.05, 0.1) is 25.0 Å². The Labute approximate surface area is 113 Å². The van der Waals surface area contributed by atoms with E-state index >= 15 is 0 Å². The molecule has 0 aliphatic heterocycles. The van der Waals surface area contributed by atoms with Crippen LogP contribution < -0.4 is 15.0 Å². The Morgan fingerprint density at radius 3 is 2.89 bits per heavy atom. The van der Waals surface area contributed by atoms with Crippen LogP contribution in [0.1, 0.15) is 11.5 Å². The summed E-state index contributed by atoms with van der Waals surface area (Å²) in [4.78, 5) is 2.07. The summed E-state index contributed by atoms with van der Waals surface area (Å²) in [6.45, 7) is 1.36. The molecule has 0 saturated heterocycles. The number of para-hydroxylation sites is 2. The van der Waals surface area contributed by atoms with Crippen LogP contribution in [0, 0.1) is 0 Å². The number of hydrogen-bond donors (Lipinski definition) is 1. The van der Waals surface area contributed by atoms with Crippen LogP contribution in [0.25, 0.3) is 0 Å². The third-order valence-corrected chi connectivity index (χ3v) is 2.86. The van der Waals surface area contributed by atoms with Gasteiger partial charge in [-0.25, -0.2) is 0 Å². The summed E-state index contributed by atoms with van der Waals surface area (Å²) in [6.07, 6.45) is 0. The van der Waals surface area contributed by atoms with E-state index in [1.165, 1.54) is 0 Å². The molecule has 0 spiro atoms. The lowest BCUT2D eigenvalue weighted by Gasteiger charge is -2.20. The largest absolute Gasteiger partial charge is 0.495 e. The fraction of sp³-hybridized carbons (Fsp3) is 0.357. The molecule has 0 saturated carbocycles. The van der Waals surface area contributed by atoms with E-state index in [9.17, 15) is 0 Å². The number of anilines is 1. The zero-order chi connectivity index (χ0) is 13.7. The number of nitrogens with one attached hydrogen (secondary N) is 1. The third-order valence-electron chi connectivity index (χ3n) is 2.86. The zero-order valence-electron chi connectivity index (χ0n) is 11.5. The van der Waals surface area contributed by atoms with E-state index in [1.54, 1.807) is 7.11 Å². The van der Waals surface area contributed by atoms with Crippen LogP contribution in [0.3, 0.4) is 0 Å². The smallest absolute Gasteiger partial charge is 0.156 e. The van der Waals surface area contributed by atoms with Crippen molar-refractivity contribution in [1.29, 1.82) is 0 Å². The fourth-order valence-electron chi connectivity index (χ4n) is 1.96. The summed E-state index contributed by atoms with van der Waals surface area (Å²) in [5.74, 6) is 1.68. The molecule has 1 N–H and O–H groups in total. The molecule has 0 atom stereocenters. The molecule has 0 unspecified atom stereocenters. The maximum Gasteiger partial charge on any atom is 0.156 e. The molecule has 0 aliphatic carbocycles. The zero-order valence-corrected chi connectivity index (χ0v) is 11.5. The minimum absolute atomic E-state index is 0.650. The minimum Gasteiger partial charge on any atom is -0.495 e. The van der Waals surface area contributed by atoms with Crippen molar-refractivity contribution < 1.29 is 9.26 Å². The van der Waals surface area contributed by atoms with E-state index in [2.05, 4.69) is 15.4 Å². The van der Waals surface area contributed by atoms with Gasteiger partial charge in [-0.05, 0) is 19.2 Å². The van der Waals surface area contributed by atoms with E-state index in [1.807, 2.05) is 44.4 Å². The molecule has 1 aromatic heterocycles. The van der Waals surface area contributed by atoms with Crippen LogP contribution in [0.15, 0.2) is 34.9 Å². The summed E-state index contributed by atoms with van der Waals surface area (Å²) in [5.41, 5.74) is 1.93. The summed E-state index contributed by atoms with van der Waals surface area (Å²) in [5, 5.41) is 7.04. The van der Waals surface area contributed by atoms with E-state index in [0.29, 0.717) is 13.1 Å². The van der Waals surface area contributed by atoms with Crippen molar-refractivity contribution in [3.8, 4) is 5.75 Å². The number of nitrogens with zero attached hydrogens (tertiary/aromatic N) is 2. The molecule has 1 heterocycles. The first kappa shape index (κ1) is 13.4. The van der Waals surface area contributed by atoms with Crippen molar-refractivity contribution in [3.05, 3.63) is 41.8 Å². The van der Waals surface area contributed by atoms with E-state index in [-0.39, 0.29) is 0 Å². The molecule has 1 aromatic carbocycles. The first-order valence-corrected chi connectivity index (χ1v) is 6.18. The van der Waals surface area contributed by atoms with Crippen LogP contribution in [0.4, 0.5) is 5.69 Å². The highest BCUT2D eigenvalue weighted by atomic mass is 16.5. The molecular formula is C14H19N3O2. The first-order valence-electron chi connectivity index (χ1n) is 6.18. The van der Waals surface area contributed by atoms with Gasteiger partial charge in [-0.1, -0.05) is 17.3 Å². The molecule has 2 aromatic rings. The van der Waals surface area contributed by atoms with Crippen molar-refractivity contribution in [2.45, 2.75) is 13.1 Å². The molecule has 0 radical (unpaired) electrons. The van der Waals surface area contributed by atoms with E-state index in [0.717, 1.165) is 22.9 Å². The SMILES string of the molecule is CNCc1cc(CN(C)c2ccccc2OC)on1. The second-order valence-corrected chi connectivity index (χ2v) is 4.34. The molecular weight excluding hydrogens is 242 g/mol. The Kier molecular flexibility index (Phi) is 4.41. The number of methoxy groups -OCH3 is 1. The van der Waals surface area contributed by atoms with Gasteiger partial charge in [0.15, 0.2) is 5.76 Å². The fourth-order valence-corrected chi connectivity index (χ4v) is 1.96. The van der Waals surface area contributed by atoms with Crippen LogP contribution in [0.2, 0.25) is 0 Å². The van der Waals surface area contributed by atoms with Gasteiger partial charge in [-0.3, -0.25) is 0 Å². The summed E-state index contributed by atoms with van der Waals surface area (Å²) >= 11 is 0. The Morgan fingerprint density at radius 1 is 1.37 bits per heavy atom. The topological polar surface area (TPSA) is 50.5 Å². The van der Waals surface area contributed by atoms with E-state index < -0.39 is 0 Å². The van der Waals surface area contributed by atoms with Gasteiger partial charge in [0, 0.05) is 19.7 Å². The minimum atomic E-state index is 0.650. The number of ether oxygens (including phenoxy) is 1. The van der Waals surface area contributed by atoms with Gasteiger partial charge in [0.2, 0.25) is 0 Å². The Bertz CT molecular complexity index is 525. The van der Waals surface area contributed by atoms with Gasteiger partial charge < -0.3 is 19.5 Å². The first-order chi connectivity index (χ1) is 9.24. The maximum absolute atomic E-state index is 5.35. The second kappa shape index (κ2) is 6.24. The highest BCUT2D eigenvalue weighted by Crippen LogP contribution is 2.27. The molecule has 5 heteroatoms. The average Bonchev–Trinajstić information content (AvgIpc) is 2.86. The third kappa shape index (κ3) is 3.26. The van der Waals surface area contributed by atoms with Gasteiger partial charge in [-0.2, -0.15) is 0 Å². The predicted octanol–water partition coefficient (Wildman–Crippen LogP) is 2.04. The lowest BCUT2D eigenvalue weighted by molar-refractivity contribution is 0.374. The quantitative estimate of drug-likeness (QED) is 0.862. The maximum atomic E-state index is 5.35. The second-order valence-electron chi connectivity index (χ2n) is 4.34. The summed E-state index contributed by atoms with van der Waals surface area (Å²) < 4.78 is 10.7. The predicted molar refractivity (Wildman–Crippen MR) is 74.4 cm³/mol. The average molecular weight is 261 g/mol. The molecule has 0 aliphatic rings. The van der Waals surface area contributed by atoms with Gasteiger partial charge in [-0.15, -0.1) is 0 Å². The molecule has 0 amide bonds. The molecule has 0 fully saturated rings.